The van der Waals surface area contributed by atoms with Gasteiger partial charge in [-0.05, 0) is 37.6 Å². The number of fused-ring (bicyclic) bond motifs is 1. The molecule has 4 heterocycles. The first-order valence-electron chi connectivity index (χ1n) is 11.2. The Hall–Kier alpha value is -4.14. The summed E-state index contributed by atoms with van der Waals surface area (Å²) in [6.45, 7) is 2.27. The zero-order chi connectivity index (χ0) is 27.5. The van der Waals surface area contributed by atoms with Gasteiger partial charge in [0.05, 0.1) is 23.0 Å². The number of alkyl halides is 6. The van der Waals surface area contributed by atoms with Crippen LogP contribution < -0.4 is 10.2 Å². The van der Waals surface area contributed by atoms with Gasteiger partial charge in [0.1, 0.15) is 22.7 Å². The van der Waals surface area contributed by atoms with E-state index in [1.807, 2.05) is 0 Å². The van der Waals surface area contributed by atoms with Gasteiger partial charge < -0.3 is 15.3 Å². The fourth-order valence-corrected chi connectivity index (χ4v) is 3.55. The van der Waals surface area contributed by atoms with E-state index in [-0.39, 0.29) is 40.8 Å². The zero-order valence-electron chi connectivity index (χ0n) is 19.7. The molecule has 4 aromatic heterocycles. The highest BCUT2D eigenvalue weighted by Gasteiger charge is 2.36. The molecule has 4 rings (SSSR count). The van der Waals surface area contributed by atoms with Gasteiger partial charge in [-0.3, -0.25) is 0 Å². The average molecular weight is 538 g/mol. The lowest BCUT2D eigenvalue weighted by Crippen LogP contribution is -2.26. The minimum absolute atomic E-state index is 0.000531. The first kappa shape index (κ1) is 26.9. The van der Waals surface area contributed by atoms with Crippen molar-refractivity contribution in [2.24, 2.45) is 0 Å². The van der Waals surface area contributed by atoms with Gasteiger partial charge in [-0.25, -0.2) is 19.9 Å². The number of nitrogens with one attached hydrogen (secondary N) is 1. The SMILES string of the molecule is CCN(CCCO)c1cc(C(F)(F)F)c(-c2cnc3c(Nc4ccc(C(F)(F)F)cn4)ccnc3n2)nn1. The molecule has 200 valence electrons. The molecule has 0 atom stereocenters. The highest BCUT2D eigenvalue weighted by molar-refractivity contribution is 5.87. The number of aliphatic hydroxyl groups excluding tert-OH is 1. The fourth-order valence-electron chi connectivity index (χ4n) is 3.55. The van der Waals surface area contributed by atoms with E-state index in [4.69, 9.17) is 5.11 Å². The van der Waals surface area contributed by atoms with Crippen molar-refractivity contribution in [3.05, 3.63) is 54.0 Å². The zero-order valence-corrected chi connectivity index (χ0v) is 19.7. The van der Waals surface area contributed by atoms with Crippen molar-refractivity contribution >= 4 is 28.5 Å². The Labute approximate surface area is 211 Å². The minimum Gasteiger partial charge on any atom is -0.396 e. The van der Waals surface area contributed by atoms with Crippen LogP contribution in [0.1, 0.15) is 24.5 Å². The lowest BCUT2D eigenvalue weighted by atomic mass is 10.1. The van der Waals surface area contributed by atoms with Crippen LogP contribution in [0.2, 0.25) is 0 Å². The Kier molecular flexibility index (Phi) is 7.57. The van der Waals surface area contributed by atoms with Crippen molar-refractivity contribution in [2.45, 2.75) is 25.7 Å². The number of anilines is 3. The maximum absolute atomic E-state index is 14.0. The van der Waals surface area contributed by atoms with E-state index in [1.54, 1.807) is 11.8 Å². The van der Waals surface area contributed by atoms with Gasteiger partial charge in [0.25, 0.3) is 0 Å². The molecule has 0 saturated heterocycles. The largest absolute Gasteiger partial charge is 0.418 e. The van der Waals surface area contributed by atoms with E-state index in [9.17, 15) is 26.3 Å². The standard InChI is InChI=1S/C23H20F6N8O/c1-2-37(8-3-9-38)18-10-14(23(27,28)29)19(36-35-18)16-12-32-20-15(6-7-30-21(20)34-16)33-17-5-4-13(11-31-17)22(24,25)26/h4-7,10-12,38H,2-3,8-9H2,1H3,(H,30,31,33,34). The molecule has 0 radical (unpaired) electrons. The number of pyridine rings is 2. The summed E-state index contributed by atoms with van der Waals surface area (Å²) in [5.74, 6) is 0.0818. The number of aromatic nitrogens is 6. The summed E-state index contributed by atoms with van der Waals surface area (Å²) in [6, 6.07) is 4.32. The molecule has 0 unspecified atom stereocenters. The summed E-state index contributed by atoms with van der Waals surface area (Å²) in [6.07, 6.45) is -5.91. The Morgan fingerprint density at radius 3 is 2.37 bits per heavy atom. The lowest BCUT2D eigenvalue weighted by Gasteiger charge is -2.22. The first-order chi connectivity index (χ1) is 18.0. The second kappa shape index (κ2) is 10.7. The molecule has 0 aliphatic carbocycles. The molecule has 38 heavy (non-hydrogen) atoms. The predicted octanol–water partition coefficient (Wildman–Crippen LogP) is 4.87. The Morgan fingerprint density at radius 1 is 0.947 bits per heavy atom. The molecular formula is C23H20F6N8O. The molecule has 0 saturated carbocycles. The van der Waals surface area contributed by atoms with Crippen molar-refractivity contribution in [1.29, 1.82) is 0 Å². The van der Waals surface area contributed by atoms with Crippen LogP contribution >= 0.6 is 0 Å². The third-order valence-corrected chi connectivity index (χ3v) is 5.42. The van der Waals surface area contributed by atoms with E-state index < -0.39 is 29.2 Å². The molecule has 0 bridgehead atoms. The van der Waals surface area contributed by atoms with Crippen molar-refractivity contribution in [1.82, 2.24) is 30.1 Å². The van der Waals surface area contributed by atoms with Crippen molar-refractivity contribution in [2.75, 3.05) is 29.9 Å². The van der Waals surface area contributed by atoms with Gasteiger partial charge in [-0.15, -0.1) is 10.2 Å². The van der Waals surface area contributed by atoms with Crippen LogP contribution in [0.4, 0.5) is 43.7 Å². The molecule has 0 spiro atoms. The predicted molar refractivity (Wildman–Crippen MR) is 125 cm³/mol. The second-order valence-electron chi connectivity index (χ2n) is 7.96. The lowest BCUT2D eigenvalue weighted by molar-refractivity contribution is -0.138. The average Bonchev–Trinajstić information content (AvgIpc) is 2.88. The van der Waals surface area contributed by atoms with Gasteiger partial charge in [0, 0.05) is 32.1 Å². The highest BCUT2D eigenvalue weighted by Crippen LogP contribution is 2.37. The quantitative estimate of drug-likeness (QED) is 0.304. The number of aliphatic hydroxyl groups is 1. The molecule has 0 amide bonds. The number of hydrogen-bond acceptors (Lipinski definition) is 9. The van der Waals surface area contributed by atoms with E-state index in [0.717, 1.165) is 24.4 Å². The smallest absolute Gasteiger partial charge is 0.396 e. The third-order valence-electron chi connectivity index (χ3n) is 5.42. The van der Waals surface area contributed by atoms with Crippen LogP contribution in [-0.2, 0) is 12.4 Å². The number of nitrogens with zero attached hydrogens (tertiary/aromatic N) is 7. The molecule has 0 fully saturated rings. The van der Waals surface area contributed by atoms with Gasteiger partial charge in [0.15, 0.2) is 11.5 Å². The molecular weight excluding hydrogens is 518 g/mol. The highest BCUT2D eigenvalue weighted by atomic mass is 19.4. The molecule has 0 aromatic carbocycles. The Balaban J connectivity index is 1.69. The van der Waals surface area contributed by atoms with Crippen molar-refractivity contribution in [3.63, 3.8) is 0 Å². The van der Waals surface area contributed by atoms with Gasteiger partial charge >= 0.3 is 12.4 Å². The second-order valence-corrected chi connectivity index (χ2v) is 7.96. The summed E-state index contributed by atoms with van der Waals surface area (Å²) in [5.41, 5.74) is -2.36. The molecule has 0 aliphatic heterocycles. The van der Waals surface area contributed by atoms with Gasteiger partial charge in [-0.1, -0.05) is 0 Å². The molecule has 2 N–H and O–H groups in total. The minimum atomic E-state index is -4.78. The molecule has 15 heteroatoms. The van der Waals surface area contributed by atoms with Crippen LogP contribution in [0, 0.1) is 0 Å². The van der Waals surface area contributed by atoms with Crippen molar-refractivity contribution in [3.8, 4) is 11.4 Å². The third kappa shape index (κ3) is 5.88. The van der Waals surface area contributed by atoms with Crippen LogP contribution in [0.15, 0.2) is 42.9 Å². The first-order valence-corrected chi connectivity index (χ1v) is 11.2. The number of hydrogen-bond donors (Lipinski definition) is 2. The van der Waals surface area contributed by atoms with E-state index in [0.29, 0.717) is 25.7 Å². The summed E-state index contributed by atoms with van der Waals surface area (Å²) in [5, 5.41) is 19.6. The van der Waals surface area contributed by atoms with E-state index >= 15 is 0 Å². The summed E-state index contributed by atoms with van der Waals surface area (Å²) >= 11 is 0. The molecule has 4 aromatic rings. The van der Waals surface area contributed by atoms with Gasteiger partial charge in [0.2, 0.25) is 0 Å². The van der Waals surface area contributed by atoms with Crippen LogP contribution in [0.25, 0.3) is 22.6 Å². The monoisotopic (exact) mass is 538 g/mol. The maximum atomic E-state index is 14.0. The van der Waals surface area contributed by atoms with E-state index in [2.05, 4.69) is 35.5 Å². The van der Waals surface area contributed by atoms with Crippen LogP contribution in [0.5, 0.6) is 0 Å². The normalized spacial score (nSPS) is 12.1. The number of rotatable bonds is 8. The number of halogens is 6. The summed E-state index contributed by atoms with van der Waals surface area (Å²) < 4.78 is 80.3. The summed E-state index contributed by atoms with van der Waals surface area (Å²) in [7, 11) is 0. The van der Waals surface area contributed by atoms with Crippen molar-refractivity contribution < 1.29 is 31.4 Å². The fraction of sp³-hybridized carbons (Fsp3) is 0.304. The summed E-state index contributed by atoms with van der Waals surface area (Å²) in [4.78, 5) is 17.7. The van der Waals surface area contributed by atoms with Gasteiger partial charge in [-0.2, -0.15) is 26.3 Å². The molecule has 0 aliphatic rings. The topological polar surface area (TPSA) is 113 Å². The van der Waals surface area contributed by atoms with Crippen LogP contribution in [-0.4, -0.2) is 54.9 Å². The Bertz CT molecular complexity index is 1410. The van der Waals surface area contributed by atoms with Crippen LogP contribution in [0.3, 0.4) is 0 Å². The van der Waals surface area contributed by atoms with E-state index in [1.165, 1.54) is 12.3 Å². The molecule has 9 nitrogen and oxygen atoms in total. The maximum Gasteiger partial charge on any atom is 0.418 e. The Morgan fingerprint density at radius 2 is 1.74 bits per heavy atom.